The minimum absolute atomic E-state index is 0.0518. The molecule has 0 radical (unpaired) electrons. The Morgan fingerprint density at radius 1 is 1.06 bits per heavy atom. The summed E-state index contributed by atoms with van der Waals surface area (Å²) in [5.41, 5.74) is 1.88. The summed E-state index contributed by atoms with van der Waals surface area (Å²) < 4.78 is 23.0. The molecule has 2 aromatic rings. The number of hydrogen-bond acceptors (Lipinski definition) is 7. The van der Waals surface area contributed by atoms with E-state index in [1.54, 1.807) is 0 Å². The van der Waals surface area contributed by atoms with Gasteiger partial charge in [-0.1, -0.05) is 24.3 Å². The van der Waals surface area contributed by atoms with Crippen LogP contribution in [0.1, 0.15) is 24.8 Å². The van der Waals surface area contributed by atoms with Crippen LogP contribution in [0.5, 0.6) is 11.5 Å². The molecule has 0 unspecified atom stereocenters. The maximum atomic E-state index is 12.5. The van der Waals surface area contributed by atoms with Crippen LogP contribution in [0.3, 0.4) is 0 Å². The van der Waals surface area contributed by atoms with E-state index in [4.69, 9.17) is 18.9 Å². The minimum Gasteiger partial charge on any atom is -0.454 e. The Morgan fingerprint density at radius 2 is 1.91 bits per heavy atom. The summed E-state index contributed by atoms with van der Waals surface area (Å²) in [4.78, 5) is 14.8. The van der Waals surface area contributed by atoms with Crippen molar-refractivity contribution in [2.24, 2.45) is 0 Å². The van der Waals surface area contributed by atoms with Crippen molar-refractivity contribution >= 4 is 11.6 Å². The van der Waals surface area contributed by atoms with Crippen molar-refractivity contribution in [1.29, 1.82) is 0 Å². The molecule has 2 saturated heterocycles. The molecule has 5 rings (SSSR count). The first-order chi connectivity index (χ1) is 16.1. The third-order valence-corrected chi connectivity index (χ3v) is 6.38. The van der Waals surface area contributed by atoms with Crippen LogP contribution >= 0.6 is 0 Å². The van der Waals surface area contributed by atoms with Crippen molar-refractivity contribution in [2.45, 2.75) is 50.2 Å². The van der Waals surface area contributed by atoms with Gasteiger partial charge in [-0.2, -0.15) is 0 Å². The molecule has 8 heteroatoms. The van der Waals surface area contributed by atoms with Crippen molar-refractivity contribution in [1.82, 2.24) is 4.90 Å². The van der Waals surface area contributed by atoms with E-state index < -0.39 is 6.10 Å². The van der Waals surface area contributed by atoms with Gasteiger partial charge >= 0.3 is 0 Å². The van der Waals surface area contributed by atoms with Gasteiger partial charge in [0.05, 0.1) is 37.9 Å². The maximum Gasteiger partial charge on any atom is 0.231 e. The zero-order valence-corrected chi connectivity index (χ0v) is 18.5. The Morgan fingerprint density at radius 3 is 2.79 bits per heavy atom. The van der Waals surface area contributed by atoms with Crippen LogP contribution in [0.25, 0.3) is 0 Å². The number of ether oxygens (including phenoxy) is 4. The fraction of sp³-hybridized carbons (Fsp3) is 0.480. The van der Waals surface area contributed by atoms with Gasteiger partial charge in [0.25, 0.3) is 0 Å². The lowest BCUT2D eigenvalue weighted by atomic mass is 9.94. The Hall–Kier alpha value is -2.65. The number of carbonyl (C=O) groups is 1. The van der Waals surface area contributed by atoms with Gasteiger partial charge in [-0.15, -0.1) is 0 Å². The molecule has 0 aliphatic carbocycles. The predicted octanol–water partition coefficient (Wildman–Crippen LogP) is 2.55. The van der Waals surface area contributed by atoms with E-state index >= 15 is 0 Å². The molecule has 1 amide bonds. The molecule has 0 spiro atoms. The molecular formula is C25H30N2O6. The molecule has 0 saturated carbocycles. The summed E-state index contributed by atoms with van der Waals surface area (Å²) in [6.45, 7) is 2.07. The first-order valence-corrected chi connectivity index (χ1v) is 11.5. The lowest BCUT2D eigenvalue weighted by molar-refractivity contribution is -0.156. The topological polar surface area (TPSA) is 89.5 Å². The number of aliphatic hydroxyl groups excluding tert-OH is 1. The fourth-order valence-corrected chi connectivity index (χ4v) is 4.84. The van der Waals surface area contributed by atoms with Crippen molar-refractivity contribution in [2.75, 3.05) is 31.9 Å². The Balaban J connectivity index is 1.23. The van der Waals surface area contributed by atoms with Gasteiger partial charge in [0.2, 0.25) is 12.7 Å². The molecule has 33 heavy (non-hydrogen) atoms. The first-order valence-electron chi connectivity index (χ1n) is 11.5. The number of rotatable bonds is 5. The molecule has 3 aliphatic rings. The number of aliphatic hydroxyl groups is 1. The summed E-state index contributed by atoms with van der Waals surface area (Å²) in [5, 5.41) is 13.3. The smallest absolute Gasteiger partial charge is 0.231 e. The van der Waals surface area contributed by atoms with Crippen molar-refractivity contribution in [3.05, 3.63) is 54.1 Å². The SMILES string of the molecule is O=C(C[C@@H]1CC[C@@H]2[C@H](COC[C@H](O)CN2Cc2ccc3c(c2)OCO3)O1)Nc1ccccc1. The summed E-state index contributed by atoms with van der Waals surface area (Å²) in [6.07, 6.45) is 1.08. The molecular weight excluding hydrogens is 424 g/mol. The van der Waals surface area contributed by atoms with Gasteiger partial charge in [0.15, 0.2) is 11.5 Å². The summed E-state index contributed by atoms with van der Waals surface area (Å²) in [7, 11) is 0. The minimum atomic E-state index is -0.561. The Kier molecular flexibility index (Phi) is 6.78. The van der Waals surface area contributed by atoms with Crippen LogP contribution in [0.4, 0.5) is 5.69 Å². The summed E-state index contributed by atoms with van der Waals surface area (Å²) >= 11 is 0. The van der Waals surface area contributed by atoms with Crippen LogP contribution in [0, 0.1) is 0 Å². The number of β-amino-alcohol motifs (C(OH)–C–C–N with tert-alkyl or cyclic N) is 1. The number of amides is 1. The van der Waals surface area contributed by atoms with Gasteiger partial charge in [-0.25, -0.2) is 0 Å². The van der Waals surface area contributed by atoms with Gasteiger partial charge in [0.1, 0.15) is 0 Å². The second-order valence-corrected chi connectivity index (χ2v) is 8.87. The van der Waals surface area contributed by atoms with Crippen LogP contribution in [0.2, 0.25) is 0 Å². The highest BCUT2D eigenvalue weighted by molar-refractivity contribution is 5.90. The number of hydrogen-bond donors (Lipinski definition) is 2. The number of anilines is 1. The third kappa shape index (κ3) is 5.47. The largest absolute Gasteiger partial charge is 0.454 e. The average molecular weight is 455 g/mol. The van der Waals surface area contributed by atoms with E-state index in [9.17, 15) is 9.90 Å². The highest BCUT2D eigenvalue weighted by Crippen LogP contribution is 2.34. The zero-order chi connectivity index (χ0) is 22.6. The lowest BCUT2D eigenvalue weighted by Gasteiger charge is -2.44. The molecule has 3 aliphatic heterocycles. The lowest BCUT2D eigenvalue weighted by Crippen LogP contribution is -2.55. The second-order valence-electron chi connectivity index (χ2n) is 8.87. The number of para-hydroxylation sites is 1. The molecule has 0 aromatic heterocycles. The number of nitrogens with one attached hydrogen (secondary N) is 1. The fourth-order valence-electron chi connectivity index (χ4n) is 4.84. The highest BCUT2D eigenvalue weighted by Gasteiger charge is 2.38. The number of carbonyl (C=O) groups excluding carboxylic acids is 1. The van der Waals surface area contributed by atoms with Gasteiger partial charge in [0, 0.05) is 24.8 Å². The normalized spacial score (nSPS) is 27.3. The zero-order valence-electron chi connectivity index (χ0n) is 18.5. The number of fused-ring (bicyclic) bond motifs is 2. The average Bonchev–Trinajstić information content (AvgIpc) is 3.26. The summed E-state index contributed by atoms with van der Waals surface area (Å²) in [5.74, 6) is 1.46. The van der Waals surface area contributed by atoms with E-state index in [0.717, 1.165) is 35.6 Å². The van der Waals surface area contributed by atoms with Crippen LogP contribution < -0.4 is 14.8 Å². The van der Waals surface area contributed by atoms with Crippen molar-refractivity contribution < 1.29 is 28.8 Å². The molecule has 3 heterocycles. The van der Waals surface area contributed by atoms with E-state index in [0.29, 0.717) is 26.1 Å². The Bertz CT molecular complexity index is 955. The molecule has 2 aromatic carbocycles. The molecule has 4 atom stereocenters. The quantitative estimate of drug-likeness (QED) is 0.718. The summed E-state index contributed by atoms with van der Waals surface area (Å²) in [6, 6.07) is 15.5. The first kappa shape index (κ1) is 22.2. The standard InChI is InChI=1S/C25H30N2O6/c28-19-13-27(12-17-6-9-22-23(10-17)32-16-31-22)21-8-7-20(33-24(21)15-30-14-19)11-25(29)26-18-4-2-1-3-5-18/h1-6,9-10,19-21,24,28H,7-8,11-16H2,(H,26,29)/t19-,20+,21-,24+/m1/s1. The monoisotopic (exact) mass is 454 g/mol. The third-order valence-electron chi connectivity index (χ3n) is 6.38. The molecule has 2 fully saturated rings. The second kappa shape index (κ2) is 10.1. The molecule has 8 nitrogen and oxygen atoms in total. The van der Waals surface area contributed by atoms with Crippen LogP contribution in [-0.2, 0) is 20.8 Å². The Labute approximate surface area is 193 Å². The predicted molar refractivity (Wildman–Crippen MR) is 121 cm³/mol. The van der Waals surface area contributed by atoms with Gasteiger partial charge in [-0.05, 0) is 42.7 Å². The van der Waals surface area contributed by atoms with E-state index in [1.165, 1.54) is 0 Å². The van der Waals surface area contributed by atoms with Crippen molar-refractivity contribution in [3.8, 4) is 11.5 Å². The van der Waals surface area contributed by atoms with Crippen molar-refractivity contribution in [3.63, 3.8) is 0 Å². The molecule has 0 bridgehead atoms. The maximum absolute atomic E-state index is 12.5. The highest BCUT2D eigenvalue weighted by atomic mass is 16.7. The molecule has 2 N–H and O–H groups in total. The van der Waals surface area contributed by atoms with E-state index in [2.05, 4.69) is 10.2 Å². The van der Waals surface area contributed by atoms with Gasteiger partial charge < -0.3 is 29.4 Å². The van der Waals surface area contributed by atoms with Crippen LogP contribution in [0.15, 0.2) is 48.5 Å². The van der Waals surface area contributed by atoms with Gasteiger partial charge in [-0.3, -0.25) is 9.69 Å². The van der Waals surface area contributed by atoms with Crippen LogP contribution in [-0.4, -0.2) is 66.8 Å². The van der Waals surface area contributed by atoms with E-state index in [1.807, 2.05) is 48.5 Å². The number of benzene rings is 2. The number of nitrogens with zero attached hydrogens (tertiary/aromatic N) is 1. The molecule has 176 valence electrons. The van der Waals surface area contributed by atoms with E-state index in [-0.39, 0.29) is 37.6 Å².